The molecule has 0 fully saturated rings. The Hall–Kier alpha value is -1.45. The first kappa shape index (κ1) is 9.75. The molecule has 4 heteroatoms. The molecule has 0 bridgehead atoms. The van der Waals surface area contributed by atoms with Gasteiger partial charge in [-0.1, -0.05) is 29.8 Å². The summed E-state index contributed by atoms with van der Waals surface area (Å²) in [4.78, 5) is 8.03. The van der Waals surface area contributed by atoms with Gasteiger partial charge in [0, 0.05) is 22.0 Å². The average Bonchev–Trinajstić information content (AvgIpc) is 2.77. The van der Waals surface area contributed by atoms with Crippen LogP contribution >= 0.6 is 22.9 Å². The Morgan fingerprint density at radius 2 is 2.06 bits per heavy atom. The van der Waals surface area contributed by atoms with Crippen molar-refractivity contribution in [1.29, 1.82) is 0 Å². The van der Waals surface area contributed by atoms with Crippen LogP contribution in [0.5, 0.6) is 0 Å². The number of thiophene rings is 1. The minimum absolute atomic E-state index is 0.496. The van der Waals surface area contributed by atoms with Crippen molar-refractivity contribution in [3.8, 4) is 11.1 Å². The van der Waals surface area contributed by atoms with E-state index < -0.39 is 0 Å². The van der Waals surface area contributed by atoms with Crippen LogP contribution in [-0.4, -0.2) is 9.97 Å². The van der Waals surface area contributed by atoms with Crippen molar-refractivity contribution in [3.05, 3.63) is 47.3 Å². The SMILES string of the molecule is Clc1ncncc1-c1cccc2ccsc12. The molecule has 0 N–H and O–H groups in total. The molecule has 2 heterocycles. The number of rotatable bonds is 1. The van der Waals surface area contributed by atoms with Crippen LogP contribution in [0.15, 0.2) is 42.2 Å². The van der Waals surface area contributed by atoms with Gasteiger partial charge in [0.05, 0.1) is 0 Å². The van der Waals surface area contributed by atoms with Gasteiger partial charge >= 0.3 is 0 Å². The Balaban J connectivity index is 2.34. The molecule has 78 valence electrons. The summed E-state index contributed by atoms with van der Waals surface area (Å²) in [7, 11) is 0. The van der Waals surface area contributed by atoms with Crippen LogP contribution in [-0.2, 0) is 0 Å². The van der Waals surface area contributed by atoms with Gasteiger partial charge in [0.2, 0.25) is 0 Å². The third kappa shape index (κ3) is 1.49. The lowest BCUT2D eigenvalue weighted by Gasteiger charge is -2.03. The smallest absolute Gasteiger partial charge is 0.140 e. The molecule has 3 rings (SSSR count). The summed E-state index contributed by atoms with van der Waals surface area (Å²) < 4.78 is 1.22. The Morgan fingerprint density at radius 3 is 2.94 bits per heavy atom. The zero-order chi connectivity index (χ0) is 11.0. The summed E-state index contributed by atoms with van der Waals surface area (Å²) in [6.07, 6.45) is 3.21. The molecule has 2 nitrogen and oxygen atoms in total. The average molecular weight is 247 g/mol. The van der Waals surface area contributed by atoms with E-state index in [1.165, 1.54) is 16.4 Å². The number of halogens is 1. The summed E-state index contributed by atoms with van der Waals surface area (Å²) in [5, 5.41) is 3.80. The van der Waals surface area contributed by atoms with Crippen LogP contribution in [0.1, 0.15) is 0 Å². The molecular formula is C12H7ClN2S. The van der Waals surface area contributed by atoms with Gasteiger partial charge in [0.15, 0.2) is 0 Å². The third-order valence-electron chi connectivity index (χ3n) is 2.43. The Morgan fingerprint density at radius 1 is 1.12 bits per heavy atom. The van der Waals surface area contributed by atoms with Crippen molar-refractivity contribution in [2.24, 2.45) is 0 Å². The van der Waals surface area contributed by atoms with Crippen molar-refractivity contribution in [3.63, 3.8) is 0 Å². The predicted octanol–water partition coefficient (Wildman–Crippen LogP) is 4.01. The second kappa shape index (κ2) is 3.85. The van der Waals surface area contributed by atoms with E-state index in [0.29, 0.717) is 5.15 Å². The second-order valence-corrected chi connectivity index (χ2v) is 4.65. The van der Waals surface area contributed by atoms with Crippen LogP contribution in [0.3, 0.4) is 0 Å². The largest absolute Gasteiger partial charge is 0.244 e. The van der Waals surface area contributed by atoms with Crippen LogP contribution in [0, 0.1) is 0 Å². The van der Waals surface area contributed by atoms with Crippen molar-refractivity contribution in [2.45, 2.75) is 0 Å². The lowest BCUT2D eigenvalue weighted by molar-refractivity contribution is 1.17. The maximum absolute atomic E-state index is 6.08. The highest BCUT2D eigenvalue weighted by Gasteiger charge is 2.08. The topological polar surface area (TPSA) is 25.8 Å². The van der Waals surface area contributed by atoms with Gasteiger partial charge in [0.25, 0.3) is 0 Å². The highest BCUT2D eigenvalue weighted by Crippen LogP contribution is 2.34. The highest BCUT2D eigenvalue weighted by molar-refractivity contribution is 7.17. The number of fused-ring (bicyclic) bond motifs is 1. The van der Waals surface area contributed by atoms with E-state index >= 15 is 0 Å². The summed E-state index contributed by atoms with van der Waals surface area (Å²) in [5.74, 6) is 0. The quantitative estimate of drug-likeness (QED) is 0.607. The second-order valence-electron chi connectivity index (χ2n) is 3.37. The van der Waals surface area contributed by atoms with E-state index in [4.69, 9.17) is 11.6 Å². The molecule has 0 unspecified atom stereocenters. The maximum Gasteiger partial charge on any atom is 0.140 e. The van der Waals surface area contributed by atoms with E-state index in [2.05, 4.69) is 27.5 Å². The van der Waals surface area contributed by atoms with Crippen molar-refractivity contribution >= 4 is 33.0 Å². The Labute approximate surface area is 102 Å². The highest BCUT2D eigenvalue weighted by atomic mass is 35.5. The van der Waals surface area contributed by atoms with E-state index in [-0.39, 0.29) is 0 Å². The number of aromatic nitrogens is 2. The molecule has 16 heavy (non-hydrogen) atoms. The van der Waals surface area contributed by atoms with Gasteiger partial charge < -0.3 is 0 Å². The molecule has 0 atom stereocenters. The van der Waals surface area contributed by atoms with Gasteiger partial charge in [-0.15, -0.1) is 11.3 Å². The zero-order valence-corrected chi connectivity index (χ0v) is 9.79. The molecule has 0 aliphatic carbocycles. The maximum atomic E-state index is 6.08. The first-order chi connectivity index (χ1) is 7.86. The minimum atomic E-state index is 0.496. The molecular weight excluding hydrogens is 240 g/mol. The van der Waals surface area contributed by atoms with Crippen LogP contribution < -0.4 is 0 Å². The predicted molar refractivity (Wildman–Crippen MR) is 67.9 cm³/mol. The molecule has 0 spiro atoms. The van der Waals surface area contributed by atoms with Crippen LogP contribution in [0.25, 0.3) is 21.2 Å². The number of hydrogen-bond acceptors (Lipinski definition) is 3. The summed E-state index contributed by atoms with van der Waals surface area (Å²) in [6.45, 7) is 0. The lowest BCUT2D eigenvalue weighted by atomic mass is 10.1. The van der Waals surface area contributed by atoms with Gasteiger partial charge in [0.1, 0.15) is 11.5 Å². The van der Waals surface area contributed by atoms with Crippen LogP contribution in [0.4, 0.5) is 0 Å². The molecule has 2 aromatic heterocycles. The summed E-state index contributed by atoms with van der Waals surface area (Å²) >= 11 is 7.78. The molecule has 3 aromatic rings. The normalized spacial score (nSPS) is 10.8. The molecule has 0 aliphatic rings. The molecule has 1 aromatic carbocycles. The lowest BCUT2D eigenvalue weighted by Crippen LogP contribution is -1.85. The fourth-order valence-electron chi connectivity index (χ4n) is 1.70. The molecule has 0 radical (unpaired) electrons. The van der Waals surface area contributed by atoms with Crippen molar-refractivity contribution in [1.82, 2.24) is 9.97 Å². The standard InChI is InChI=1S/C12H7ClN2S/c13-12-10(6-14-7-15-12)9-3-1-2-8-4-5-16-11(8)9/h1-7H. The summed E-state index contributed by atoms with van der Waals surface area (Å²) in [5.41, 5.74) is 1.98. The first-order valence-corrected chi connectivity index (χ1v) is 6.04. The van der Waals surface area contributed by atoms with Gasteiger partial charge in [-0.3, -0.25) is 0 Å². The molecule has 0 amide bonds. The van der Waals surface area contributed by atoms with Gasteiger partial charge in [-0.2, -0.15) is 0 Å². The first-order valence-electron chi connectivity index (χ1n) is 4.78. The van der Waals surface area contributed by atoms with Crippen molar-refractivity contribution < 1.29 is 0 Å². The summed E-state index contributed by atoms with van der Waals surface area (Å²) in [6, 6.07) is 8.26. The fraction of sp³-hybridized carbons (Fsp3) is 0. The monoisotopic (exact) mass is 246 g/mol. The van der Waals surface area contributed by atoms with E-state index in [0.717, 1.165) is 11.1 Å². The molecule has 0 saturated carbocycles. The fourth-order valence-corrected chi connectivity index (χ4v) is 2.82. The van der Waals surface area contributed by atoms with Gasteiger partial charge in [-0.05, 0) is 16.8 Å². The number of hydrogen-bond donors (Lipinski definition) is 0. The Bertz CT molecular complexity index is 648. The third-order valence-corrected chi connectivity index (χ3v) is 3.70. The van der Waals surface area contributed by atoms with Gasteiger partial charge in [-0.25, -0.2) is 9.97 Å². The number of benzene rings is 1. The van der Waals surface area contributed by atoms with Crippen molar-refractivity contribution in [2.75, 3.05) is 0 Å². The Kier molecular flexibility index (Phi) is 2.35. The van der Waals surface area contributed by atoms with Crippen LogP contribution in [0.2, 0.25) is 5.15 Å². The zero-order valence-electron chi connectivity index (χ0n) is 8.22. The molecule has 0 aliphatic heterocycles. The minimum Gasteiger partial charge on any atom is -0.244 e. The number of nitrogens with zero attached hydrogens (tertiary/aromatic N) is 2. The van der Waals surface area contributed by atoms with E-state index in [1.54, 1.807) is 17.5 Å². The van der Waals surface area contributed by atoms with E-state index in [1.807, 2.05) is 12.1 Å². The molecule has 0 saturated heterocycles. The van der Waals surface area contributed by atoms with E-state index in [9.17, 15) is 0 Å².